The van der Waals surface area contributed by atoms with Gasteiger partial charge in [0.15, 0.2) is 0 Å². The average molecular weight is 255 g/mol. The number of benzene rings is 1. The smallest absolute Gasteiger partial charge is 0.0950 e. The van der Waals surface area contributed by atoms with E-state index in [-0.39, 0.29) is 0 Å². The van der Waals surface area contributed by atoms with Gasteiger partial charge in [0, 0.05) is 12.0 Å². The fourth-order valence-electron chi connectivity index (χ4n) is 2.98. The van der Waals surface area contributed by atoms with Crippen molar-refractivity contribution < 1.29 is 4.74 Å². The highest BCUT2D eigenvalue weighted by molar-refractivity contribution is 5.90. The summed E-state index contributed by atoms with van der Waals surface area (Å²) in [6.07, 6.45) is 5.92. The summed E-state index contributed by atoms with van der Waals surface area (Å²) in [5.74, 6) is 0.765. The molecule has 1 aliphatic carbocycles. The molecule has 4 rings (SSSR count). The van der Waals surface area contributed by atoms with Gasteiger partial charge in [-0.1, -0.05) is 18.2 Å². The van der Waals surface area contributed by atoms with E-state index in [1.165, 1.54) is 12.8 Å². The predicted molar refractivity (Wildman–Crippen MR) is 74.0 cm³/mol. The number of ether oxygens (including phenoxy) is 1. The zero-order chi connectivity index (χ0) is 12.7. The summed E-state index contributed by atoms with van der Waals surface area (Å²) in [5, 5.41) is 13.0. The molecule has 0 amide bonds. The molecule has 0 radical (unpaired) electrons. The molecule has 1 aromatic heterocycles. The van der Waals surface area contributed by atoms with Crippen LogP contribution in [0.25, 0.3) is 10.9 Å². The van der Waals surface area contributed by atoms with Gasteiger partial charge in [-0.05, 0) is 31.2 Å². The number of hydrogen-bond acceptors (Lipinski definition) is 4. The third-order valence-corrected chi connectivity index (χ3v) is 4.11. The second-order valence-corrected chi connectivity index (χ2v) is 5.49. The Morgan fingerprint density at radius 1 is 1.16 bits per heavy atom. The Morgan fingerprint density at radius 3 is 2.95 bits per heavy atom. The zero-order valence-electron chi connectivity index (χ0n) is 10.7. The maximum atomic E-state index is 5.88. The van der Waals surface area contributed by atoms with Crippen molar-refractivity contribution >= 4 is 16.6 Å². The Morgan fingerprint density at radius 2 is 2.05 bits per heavy atom. The standard InChI is InChI=1S/C15H17N3O/c1-2-4-12-11(3-1)14(9-16-18-12)17-13-7-8-19-15(13)10-5-6-10/h1-4,9-10,13,15H,5-8H2,(H,17,18). The number of aromatic nitrogens is 2. The molecule has 2 fully saturated rings. The van der Waals surface area contributed by atoms with Crippen molar-refractivity contribution in [2.45, 2.75) is 31.4 Å². The average Bonchev–Trinajstić information content (AvgIpc) is 3.20. The largest absolute Gasteiger partial charge is 0.378 e. The first kappa shape index (κ1) is 11.2. The third kappa shape index (κ3) is 2.06. The molecule has 19 heavy (non-hydrogen) atoms. The van der Waals surface area contributed by atoms with Crippen LogP contribution in [0, 0.1) is 5.92 Å². The van der Waals surface area contributed by atoms with Crippen LogP contribution in [0.2, 0.25) is 0 Å². The number of fused-ring (bicyclic) bond motifs is 1. The van der Waals surface area contributed by atoms with Crippen molar-refractivity contribution in [3.05, 3.63) is 30.5 Å². The quantitative estimate of drug-likeness (QED) is 0.915. The first-order valence-electron chi connectivity index (χ1n) is 7.00. The summed E-state index contributed by atoms with van der Waals surface area (Å²) in [6.45, 7) is 0.870. The number of hydrogen-bond donors (Lipinski definition) is 1. The van der Waals surface area contributed by atoms with E-state index in [4.69, 9.17) is 4.74 Å². The van der Waals surface area contributed by atoms with Gasteiger partial charge < -0.3 is 10.1 Å². The lowest BCUT2D eigenvalue weighted by Crippen LogP contribution is -2.31. The van der Waals surface area contributed by atoms with Crippen molar-refractivity contribution in [1.29, 1.82) is 0 Å². The minimum absolute atomic E-state index is 0.381. The van der Waals surface area contributed by atoms with E-state index in [0.717, 1.165) is 35.5 Å². The predicted octanol–water partition coefficient (Wildman–Crippen LogP) is 2.61. The first-order valence-corrected chi connectivity index (χ1v) is 7.00. The Kier molecular flexibility index (Phi) is 2.62. The van der Waals surface area contributed by atoms with Gasteiger partial charge in [-0.3, -0.25) is 0 Å². The number of anilines is 1. The molecule has 2 unspecified atom stereocenters. The summed E-state index contributed by atoms with van der Waals surface area (Å²) >= 11 is 0. The normalized spacial score (nSPS) is 26.7. The fraction of sp³-hybridized carbons (Fsp3) is 0.467. The van der Waals surface area contributed by atoms with E-state index < -0.39 is 0 Å². The second-order valence-electron chi connectivity index (χ2n) is 5.49. The van der Waals surface area contributed by atoms with Crippen molar-refractivity contribution in [3.8, 4) is 0 Å². The first-order chi connectivity index (χ1) is 9.42. The molecule has 2 atom stereocenters. The van der Waals surface area contributed by atoms with Crippen LogP contribution >= 0.6 is 0 Å². The summed E-state index contributed by atoms with van der Waals surface area (Å²) in [6, 6.07) is 8.54. The molecule has 2 heterocycles. The maximum Gasteiger partial charge on any atom is 0.0950 e. The van der Waals surface area contributed by atoms with Crippen molar-refractivity contribution in [3.63, 3.8) is 0 Å². The minimum Gasteiger partial charge on any atom is -0.378 e. The van der Waals surface area contributed by atoms with Gasteiger partial charge >= 0.3 is 0 Å². The molecule has 4 nitrogen and oxygen atoms in total. The number of rotatable bonds is 3. The molecule has 2 aliphatic rings. The van der Waals surface area contributed by atoms with Crippen LogP contribution in [-0.2, 0) is 4.74 Å². The molecule has 1 aliphatic heterocycles. The van der Waals surface area contributed by atoms with Crippen molar-refractivity contribution in [1.82, 2.24) is 10.2 Å². The summed E-state index contributed by atoms with van der Waals surface area (Å²) < 4.78 is 5.88. The monoisotopic (exact) mass is 255 g/mol. The Labute approximate surface area is 112 Å². The highest BCUT2D eigenvalue weighted by Gasteiger charge is 2.40. The van der Waals surface area contributed by atoms with Crippen molar-refractivity contribution in [2.24, 2.45) is 5.92 Å². The summed E-state index contributed by atoms with van der Waals surface area (Å²) in [5.41, 5.74) is 2.01. The van der Waals surface area contributed by atoms with E-state index in [9.17, 15) is 0 Å². The topological polar surface area (TPSA) is 47.0 Å². The molecular formula is C15H17N3O. The van der Waals surface area contributed by atoms with Crippen LogP contribution in [0.5, 0.6) is 0 Å². The van der Waals surface area contributed by atoms with Crippen molar-refractivity contribution in [2.75, 3.05) is 11.9 Å². The van der Waals surface area contributed by atoms with Crippen LogP contribution in [0.4, 0.5) is 5.69 Å². The van der Waals surface area contributed by atoms with E-state index in [2.05, 4.69) is 21.6 Å². The number of nitrogens with zero attached hydrogens (tertiary/aromatic N) is 2. The van der Waals surface area contributed by atoms with Gasteiger partial charge in [-0.15, -0.1) is 0 Å². The third-order valence-electron chi connectivity index (χ3n) is 4.11. The minimum atomic E-state index is 0.381. The van der Waals surface area contributed by atoms with Gasteiger partial charge in [0.25, 0.3) is 0 Å². The summed E-state index contributed by atoms with van der Waals surface area (Å²) in [7, 11) is 0. The molecule has 0 bridgehead atoms. The Bertz CT molecular complexity index is 591. The molecule has 0 spiro atoms. The van der Waals surface area contributed by atoms with Gasteiger partial charge in [-0.2, -0.15) is 10.2 Å². The van der Waals surface area contributed by atoms with Crippen LogP contribution in [0.1, 0.15) is 19.3 Å². The maximum absolute atomic E-state index is 5.88. The van der Waals surface area contributed by atoms with Gasteiger partial charge in [0.05, 0.1) is 29.5 Å². The fourth-order valence-corrected chi connectivity index (χ4v) is 2.98. The zero-order valence-corrected chi connectivity index (χ0v) is 10.7. The molecule has 1 N–H and O–H groups in total. The Balaban J connectivity index is 1.64. The highest BCUT2D eigenvalue weighted by Crippen LogP contribution is 2.39. The Hall–Kier alpha value is -1.68. The van der Waals surface area contributed by atoms with Crippen LogP contribution in [-0.4, -0.2) is 29.0 Å². The molecule has 2 aromatic rings. The lowest BCUT2D eigenvalue weighted by atomic mass is 10.1. The van der Waals surface area contributed by atoms with Crippen LogP contribution in [0.3, 0.4) is 0 Å². The number of nitrogens with one attached hydrogen (secondary N) is 1. The van der Waals surface area contributed by atoms with E-state index in [1.54, 1.807) is 0 Å². The molecule has 1 saturated heterocycles. The van der Waals surface area contributed by atoms with Gasteiger partial charge in [0.2, 0.25) is 0 Å². The molecule has 98 valence electrons. The lowest BCUT2D eigenvalue weighted by Gasteiger charge is -2.21. The molecular weight excluding hydrogens is 238 g/mol. The molecule has 1 saturated carbocycles. The molecule has 1 aromatic carbocycles. The van der Waals surface area contributed by atoms with E-state index >= 15 is 0 Å². The SMILES string of the molecule is c1ccc2c(NC3CCOC3C3CC3)cnnc2c1. The highest BCUT2D eigenvalue weighted by atomic mass is 16.5. The summed E-state index contributed by atoms with van der Waals surface area (Å²) in [4.78, 5) is 0. The van der Waals surface area contributed by atoms with Gasteiger partial charge in [0.1, 0.15) is 0 Å². The van der Waals surface area contributed by atoms with Crippen LogP contribution < -0.4 is 5.32 Å². The lowest BCUT2D eigenvalue weighted by molar-refractivity contribution is 0.0898. The van der Waals surface area contributed by atoms with Crippen LogP contribution in [0.15, 0.2) is 30.5 Å². The van der Waals surface area contributed by atoms with Gasteiger partial charge in [-0.25, -0.2) is 0 Å². The molecule has 4 heteroatoms. The second kappa shape index (κ2) is 4.46. The van der Waals surface area contributed by atoms with E-state index in [1.807, 2.05) is 24.4 Å². The van der Waals surface area contributed by atoms with E-state index in [0.29, 0.717) is 12.1 Å².